The molecule has 0 aliphatic heterocycles. The number of fused-ring (bicyclic) bond motifs is 5. The maximum absolute atomic E-state index is 11.9. The van der Waals surface area contributed by atoms with E-state index in [1.165, 1.54) is 51.4 Å². The van der Waals surface area contributed by atoms with Gasteiger partial charge in [-0.15, -0.1) is 0 Å². The number of benzene rings is 2. The molecule has 4 aliphatic carbocycles. The fraction of sp³-hybridized carbons (Fsp3) is 0.600. The van der Waals surface area contributed by atoms with Crippen LogP contribution in [0.25, 0.3) is 0 Å². The molecule has 2 N–H and O–H groups in total. The van der Waals surface area contributed by atoms with Crippen LogP contribution >= 0.6 is 8.38 Å². The Kier molecular flexibility index (Phi) is 11.1. The van der Waals surface area contributed by atoms with Gasteiger partial charge in [0.15, 0.2) is 8.38 Å². The van der Waals surface area contributed by atoms with Gasteiger partial charge < -0.3 is 13.8 Å². The SMILES string of the molecule is CC(C)CCC[C@@H](C)[C@H]1CC[C@H]2[C@@H]3CC=C4C[C@@H](OP(O)C(NC(c5ccccc5)c5ccccc5)c5ccco5)CC[C@]4(C)[C@H]3CC[C@]12C. The summed E-state index contributed by atoms with van der Waals surface area (Å²) in [7, 11) is -1.85. The van der Waals surface area contributed by atoms with Gasteiger partial charge in [0.2, 0.25) is 0 Å². The number of furan rings is 1. The highest BCUT2D eigenvalue weighted by Gasteiger charge is 2.59. The molecule has 10 atom stereocenters. The van der Waals surface area contributed by atoms with Crippen molar-refractivity contribution >= 4 is 8.38 Å². The van der Waals surface area contributed by atoms with E-state index in [0.29, 0.717) is 11.2 Å². The molecule has 0 amide bonds. The number of allylic oxidation sites excluding steroid dienone is 1. The van der Waals surface area contributed by atoms with E-state index in [4.69, 9.17) is 8.94 Å². The summed E-state index contributed by atoms with van der Waals surface area (Å²) in [6, 6.07) is 24.7. The first-order valence-corrected chi connectivity index (χ1v) is 21.2. The van der Waals surface area contributed by atoms with E-state index in [-0.39, 0.29) is 17.6 Å². The molecule has 270 valence electrons. The van der Waals surface area contributed by atoms with Crippen LogP contribution in [-0.2, 0) is 4.52 Å². The largest absolute Gasteiger partial charge is 0.467 e. The van der Waals surface area contributed by atoms with Crippen LogP contribution < -0.4 is 5.32 Å². The molecule has 0 saturated heterocycles. The van der Waals surface area contributed by atoms with Gasteiger partial charge in [-0.1, -0.05) is 126 Å². The minimum atomic E-state index is -1.85. The van der Waals surface area contributed by atoms with E-state index < -0.39 is 14.2 Å². The van der Waals surface area contributed by atoms with Crippen LogP contribution in [0.1, 0.15) is 134 Å². The third-order valence-electron chi connectivity index (χ3n) is 14.1. The summed E-state index contributed by atoms with van der Waals surface area (Å²) in [4.78, 5) is 11.9. The zero-order chi connectivity index (χ0) is 34.9. The quantitative estimate of drug-likeness (QED) is 0.138. The van der Waals surface area contributed by atoms with Crippen molar-refractivity contribution in [2.75, 3.05) is 0 Å². The molecule has 2 unspecified atom stereocenters. The molecule has 3 aromatic rings. The summed E-state index contributed by atoms with van der Waals surface area (Å²) in [6.45, 7) is 12.6. The molecule has 1 aromatic heterocycles. The predicted octanol–water partition coefficient (Wildman–Crippen LogP) is 12.4. The van der Waals surface area contributed by atoms with Crippen LogP contribution in [0.5, 0.6) is 0 Å². The maximum Gasteiger partial charge on any atom is 0.194 e. The fourth-order valence-corrected chi connectivity index (χ4v) is 12.7. The van der Waals surface area contributed by atoms with Crippen molar-refractivity contribution in [3.05, 3.63) is 108 Å². The summed E-state index contributed by atoms with van der Waals surface area (Å²) >= 11 is 0. The molecule has 7 rings (SSSR count). The van der Waals surface area contributed by atoms with E-state index in [1.54, 1.807) is 11.8 Å². The van der Waals surface area contributed by atoms with E-state index in [9.17, 15) is 4.89 Å². The van der Waals surface area contributed by atoms with Crippen molar-refractivity contribution in [3.8, 4) is 0 Å². The van der Waals surface area contributed by atoms with Crippen LogP contribution in [0.4, 0.5) is 0 Å². The Bertz CT molecular complexity index is 1500. The minimum Gasteiger partial charge on any atom is -0.467 e. The van der Waals surface area contributed by atoms with Gasteiger partial charge in [-0.2, -0.15) is 0 Å². The average Bonchev–Trinajstić information content (AvgIpc) is 3.77. The number of hydrogen-bond acceptors (Lipinski definition) is 4. The van der Waals surface area contributed by atoms with Gasteiger partial charge in [-0.25, -0.2) is 0 Å². The summed E-state index contributed by atoms with van der Waals surface area (Å²) in [5.41, 5.74) is 4.66. The van der Waals surface area contributed by atoms with E-state index in [0.717, 1.165) is 65.9 Å². The number of nitrogens with one attached hydrogen (secondary N) is 1. The Morgan fingerprint density at radius 1 is 0.860 bits per heavy atom. The Labute approximate surface area is 303 Å². The van der Waals surface area contributed by atoms with E-state index in [2.05, 4.69) is 94.5 Å². The Morgan fingerprint density at radius 2 is 1.58 bits per heavy atom. The van der Waals surface area contributed by atoms with Crippen LogP contribution in [0.15, 0.2) is 95.1 Å². The van der Waals surface area contributed by atoms with Gasteiger partial charge in [0.1, 0.15) is 11.5 Å². The highest BCUT2D eigenvalue weighted by Crippen LogP contribution is 2.68. The lowest BCUT2D eigenvalue weighted by molar-refractivity contribution is -0.0559. The van der Waals surface area contributed by atoms with Crippen molar-refractivity contribution in [2.24, 2.45) is 46.3 Å². The van der Waals surface area contributed by atoms with Gasteiger partial charge >= 0.3 is 0 Å². The van der Waals surface area contributed by atoms with E-state index >= 15 is 0 Å². The third kappa shape index (κ3) is 7.21. The Hall–Kier alpha value is -2.23. The van der Waals surface area contributed by atoms with Crippen molar-refractivity contribution in [1.29, 1.82) is 0 Å². The van der Waals surface area contributed by atoms with Gasteiger partial charge in [0.25, 0.3) is 0 Å². The Balaban J connectivity index is 1.04. The predicted molar refractivity (Wildman–Crippen MR) is 206 cm³/mol. The minimum absolute atomic E-state index is 0.0181. The average molecular weight is 696 g/mol. The molecule has 4 nitrogen and oxygen atoms in total. The second kappa shape index (κ2) is 15.4. The first kappa shape index (κ1) is 36.1. The topological polar surface area (TPSA) is 54.6 Å². The lowest BCUT2D eigenvalue weighted by Gasteiger charge is -2.58. The first-order valence-electron chi connectivity index (χ1n) is 19.9. The second-order valence-corrected chi connectivity index (χ2v) is 18.7. The van der Waals surface area contributed by atoms with Crippen LogP contribution in [0, 0.1) is 46.3 Å². The van der Waals surface area contributed by atoms with Crippen molar-refractivity contribution in [2.45, 2.75) is 123 Å². The summed E-state index contributed by atoms with van der Waals surface area (Å²) in [6.07, 6.45) is 18.5. The zero-order valence-corrected chi connectivity index (χ0v) is 32.2. The highest BCUT2D eigenvalue weighted by molar-refractivity contribution is 7.46. The van der Waals surface area contributed by atoms with Crippen molar-refractivity contribution in [1.82, 2.24) is 5.32 Å². The monoisotopic (exact) mass is 695 g/mol. The van der Waals surface area contributed by atoms with Gasteiger partial charge in [-0.3, -0.25) is 5.32 Å². The van der Waals surface area contributed by atoms with Gasteiger partial charge in [0, 0.05) is 0 Å². The number of rotatable bonds is 13. The number of hydrogen-bond donors (Lipinski definition) is 2. The van der Waals surface area contributed by atoms with Crippen LogP contribution in [0.3, 0.4) is 0 Å². The molecule has 0 spiro atoms. The summed E-state index contributed by atoms with van der Waals surface area (Å²) in [5, 5.41) is 3.78. The lowest BCUT2D eigenvalue weighted by Crippen LogP contribution is -2.51. The van der Waals surface area contributed by atoms with Crippen LogP contribution in [0.2, 0.25) is 0 Å². The van der Waals surface area contributed by atoms with Crippen molar-refractivity contribution < 1.29 is 13.8 Å². The molecule has 3 fully saturated rings. The van der Waals surface area contributed by atoms with E-state index in [1.807, 2.05) is 24.3 Å². The second-order valence-electron chi connectivity index (χ2n) is 17.4. The first-order chi connectivity index (χ1) is 24.2. The molecule has 3 saturated carbocycles. The molecule has 50 heavy (non-hydrogen) atoms. The van der Waals surface area contributed by atoms with Gasteiger partial charge in [0.05, 0.1) is 18.4 Å². The third-order valence-corrected chi connectivity index (χ3v) is 15.5. The molecule has 0 radical (unpaired) electrons. The zero-order valence-electron chi connectivity index (χ0n) is 31.3. The molecular formula is C45H62NO3P. The molecule has 1 heterocycles. The van der Waals surface area contributed by atoms with Crippen molar-refractivity contribution in [3.63, 3.8) is 0 Å². The molecular weight excluding hydrogens is 633 g/mol. The summed E-state index contributed by atoms with van der Waals surface area (Å²) < 4.78 is 12.6. The Morgan fingerprint density at radius 3 is 2.24 bits per heavy atom. The molecule has 4 aliphatic rings. The highest BCUT2D eigenvalue weighted by atomic mass is 31.2. The fourth-order valence-electron chi connectivity index (χ4n) is 11.5. The molecule has 0 bridgehead atoms. The smallest absolute Gasteiger partial charge is 0.194 e. The lowest BCUT2D eigenvalue weighted by atomic mass is 9.47. The van der Waals surface area contributed by atoms with Gasteiger partial charge in [-0.05, 0) is 121 Å². The van der Waals surface area contributed by atoms with Crippen LogP contribution in [-0.4, -0.2) is 11.0 Å². The standard InChI is InChI=1S/C45H62NO3P/c1-31(2)14-12-15-32(3)38-23-24-39-37-22-21-35-30-36(25-27-44(35,4)40(37)26-28-45(38,39)5)49-50(47)43(41-20-13-29-48-41)46-42(33-16-8-6-9-17-33)34-18-10-7-11-19-34/h6-11,13,16-21,29,31-32,36-40,42-43,46-47H,12,14-15,22-28,30H2,1-5H3/t32-,36+,37+,38-,39+,40+,43?,44+,45-,50?/m1/s1. The normalized spacial score (nSPS) is 32.6. The summed E-state index contributed by atoms with van der Waals surface area (Å²) in [5.74, 6) is 5.29. The molecule has 2 aromatic carbocycles. The maximum atomic E-state index is 11.9. The molecule has 5 heteroatoms.